The Morgan fingerprint density at radius 3 is 2.55 bits per heavy atom. The van der Waals surface area contributed by atoms with Crippen LogP contribution in [0, 0.1) is 18.3 Å². The number of unbranched alkanes of at least 4 members (excludes halogenated alkanes) is 2. The highest BCUT2D eigenvalue weighted by Gasteiger charge is 2.25. The number of hydrogen-bond acceptors (Lipinski definition) is 5. The van der Waals surface area contributed by atoms with Gasteiger partial charge in [0.25, 0.3) is 0 Å². The Labute approximate surface area is 197 Å². The first-order valence-corrected chi connectivity index (χ1v) is 12.1. The van der Waals surface area contributed by atoms with E-state index in [2.05, 4.69) is 34.9 Å². The molecule has 5 nitrogen and oxygen atoms in total. The molecule has 1 unspecified atom stereocenters. The Kier molecular flexibility index (Phi) is 7.93. The third-order valence-corrected chi connectivity index (χ3v) is 6.64. The summed E-state index contributed by atoms with van der Waals surface area (Å²) in [5, 5.41) is 9.31. The van der Waals surface area contributed by atoms with Gasteiger partial charge in [-0.15, -0.1) is 0 Å². The van der Waals surface area contributed by atoms with Gasteiger partial charge in [-0.2, -0.15) is 5.26 Å². The molecule has 2 heterocycles. The third-order valence-electron chi connectivity index (χ3n) is 6.64. The molecule has 5 heteroatoms. The van der Waals surface area contributed by atoms with E-state index in [4.69, 9.17) is 9.40 Å². The molecular formula is C28H34N4O. The van der Waals surface area contributed by atoms with Gasteiger partial charge in [0, 0.05) is 44.3 Å². The summed E-state index contributed by atoms with van der Waals surface area (Å²) in [6, 6.07) is 19.2. The van der Waals surface area contributed by atoms with E-state index in [1.54, 1.807) is 6.26 Å². The number of oxazole rings is 1. The quantitative estimate of drug-likeness (QED) is 0.383. The summed E-state index contributed by atoms with van der Waals surface area (Å²) in [7, 11) is 0. The highest BCUT2D eigenvalue weighted by Crippen LogP contribution is 2.29. The van der Waals surface area contributed by atoms with Crippen molar-refractivity contribution in [3.05, 3.63) is 77.2 Å². The minimum atomic E-state index is 0.418. The minimum Gasteiger partial charge on any atom is -0.444 e. The van der Waals surface area contributed by atoms with Crippen molar-refractivity contribution in [3.8, 4) is 17.5 Å². The molecule has 33 heavy (non-hydrogen) atoms. The van der Waals surface area contributed by atoms with Gasteiger partial charge in [-0.3, -0.25) is 9.80 Å². The molecule has 0 spiro atoms. The summed E-state index contributed by atoms with van der Waals surface area (Å²) in [4.78, 5) is 9.80. The monoisotopic (exact) mass is 442 g/mol. The van der Waals surface area contributed by atoms with Crippen molar-refractivity contribution in [1.29, 1.82) is 5.26 Å². The molecule has 0 saturated carbocycles. The van der Waals surface area contributed by atoms with Crippen molar-refractivity contribution in [2.75, 3.05) is 26.2 Å². The van der Waals surface area contributed by atoms with Crippen LogP contribution in [0.4, 0.5) is 0 Å². The van der Waals surface area contributed by atoms with Crippen molar-refractivity contribution < 1.29 is 4.42 Å². The Hall–Kier alpha value is -2.94. The van der Waals surface area contributed by atoms with Gasteiger partial charge in [0.1, 0.15) is 6.26 Å². The topological polar surface area (TPSA) is 56.3 Å². The zero-order valence-electron chi connectivity index (χ0n) is 19.8. The molecule has 1 atom stereocenters. The van der Waals surface area contributed by atoms with Crippen molar-refractivity contribution >= 4 is 0 Å². The van der Waals surface area contributed by atoms with Crippen molar-refractivity contribution in [3.63, 3.8) is 0 Å². The number of aromatic nitrogens is 1. The molecule has 1 fully saturated rings. The van der Waals surface area contributed by atoms with Gasteiger partial charge >= 0.3 is 0 Å². The lowest BCUT2D eigenvalue weighted by Gasteiger charge is -2.39. The number of piperazine rings is 1. The molecule has 3 aromatic rings. The van der Waals surface area contributed by atoms with Crippen LogP contribution in [-0.4, -0.2) is 41.0 Å². The Morgan fingerprint density at radius 2 is 1.85 bits per heavy atom. The van der Waals surface area contributed by atoms with Gasteiger partial charge < -0.3 is 4.42 Å². The molecule has 4 rings (SSSR count). The predicted octanol–water partition coefficient (Wildman–Crippen LogP) is 5.96. The summed E-state index contributed by atoms with van der Waals surface area (Å²) < 4.78 is 5.72. The average Bonchev–Trinajstić information content (AvgIpc) is 3.32. The van der Waals surface area contributed by atoms with Gasteiger partial charge in [0.2, 0.25) is 5.89 Å². The van der Waals surface area contributed by atoms with E-state index < -0.39 is 0 Å². The zero-order valence-corrected chi connectivity index (χ0v) is 19.8. The molecule has 0 radical (unpaired) electrons. The van der Waals surface area contributed by atoms with E-state index in [0.29, 0.717) is 11.9 Å². The molecule has 1 aromatic heterocycles. The van der Waals surface area contributed by atoms with E-state index >= 15 is 0 Å². The molecule has 0 aliphatic carbocycles. The standard InChI is InChI=1S/C28H34N4O/c1-3-4-6-11-27(24-12-13-25(19-29)22(2)18-24)32-16-14-31(15-17-32)20-26-21-33-28(30-26)23-9-7-5-8-10-23/h5,7-10,12-13,18,21,27H,3-4,6,11,14-17,20H2,1-2H3. The molecule has 1 aliphatic heterocycles. The number of hydrogen-bond donors (Lipinski definition) is 0. The molecule has 1 aliphatic rings. The van der Waals surface area contributed by atoms with Crippen molar-refractivity contribution in [1.82, 2.24) is 14.8 Å². The number of rotatable bonds is 9. The van der Waals surface area contributed by atoms with E-state index in [-0.39, 0.29) is 0 Å². The third kappa shape index (κ3) is 5.90. The maximum absolute atomic E-state index is 9.31. The minimum absolute atomic E-state index is 0.418. The highest BCUT2D eigenvalue weighted by atomic mass is 16.3. The van der Waals surface area contributed by atoms with Gasteiger partial charge in [-0.25, -0.2) is 4.98 Å². The average molecular weight is 443 g/mol. The Bertz CT molecular complexity index is 1060. The molecule has 2 aromatic carbocycles. The fourth-order valence-electron chi connectivity index (χ4n) is 4.72. The number of nitriles is 1. The summed E-state index contributed by atoms with van der Waals surface area (Å²) in [6.07, 6.45) is 6.70. The lowest BCUT2D eigenvalue weighted by molar-refractivity contribution is 0.0858. The zero-order chi connectivity index (χ0) is 23.0. The van der Waals surface area contributed by atoms with Crippen LogP contribution in [0.15, 0.2) is 59.2 Å². The fraction of sp³-hybridized carbons (Fsp3) is 0.429. The fourth-order valence-corrected chi connectivity index (χ4v) is 4.72. The molecular weight excluding hydrogens is 408 g/mol. The predicted molar refractivity (Wildman–Crippen MR) is 132 cm³/mol. The van der Waals surface area contributed by atoms with Crippen LogP contribution in [0.3, 0.4) is 0 Å². The maximum atomic E-state index is 9.31. The summed E-state index contributed by atoms with van der Waals surface area (Å²) in [5.74, 6) is 0.691. The Morgan fingerprint density at radius 1 is 1.06 bits per heavy atom. The maximum Gasteiger partial charge on any atom is 0.226 e. The van der Waals surface area contributed by atoms with E-state index in [0.717, 1.165) is 55.1 Å². The van der Waals surface area contributed by atoms with Crippen LogP contribution in [0.1, 0.15) is 61.0 Å². The normalized spacial score (nSPS) is 15.9. The van der Waals surface area contributed by atoms with Gasteiger partial charge in [0.15, 0.2) is 0 Å². The number of nitrogens with zero attached hydrogens (tertiary/aromatic N) is 4. The van der Waals surface area contributed by atoms with Gasteiger partial charge in [-0.1, -0.05) is 56.5 Å². The SMILES string of the molecule is CCCCCC(c1ccc(C#N)c(C)c1)N1CCN(Cc2coc(-c3ccccc3)n2)CC1. The van der Waals surface area contributed by atoms with Crippen LogP contribution in [0.25, 0.3) is 11.5 Å². The van der Waals surface area contributed by atoms with Crippen LogP contribution >= 0.6 is 0 Å². The lowest BCUT2D eigenvalue weighted by Crippen LogP contribution is -2.47. The van der Waals surface area contributed by atoms with Crippen LogP contribution in [0.2, 0.25) is 0 Å². The molecule has 0 N–H and O–H groups in total. The van der Waals surface area contributed by atoms with Gasteiger partial charge in [-0.05, 0) is 42.7 Å². The van der Waals surface area contributed by atoms with Crippen LogP contribution in [0.5, 0.6) is 0 Å². The molecule has 0 bridgehead atoms. The smallest absolute Gasteiger partial charge is 0.226 e. The van der Waals surface area contributed by atoms with Crippen LogP contribution < -0.4 is 0 Å². The van der Waals surface area contributed by atoms with E-state index in [1.165, 1.54) is 31.2 Å². The second-order valence-electron chi connectivity index (χ2n) is 9.02. The van der Waals surface area contributed by atoms with Crippen molar-refractivity contribution in [2.45, 2.75) is 52.1 Å². The summed E-state index contributed by atoms with van der Waals surface area (Å²) in [6.45, 7) is 9.25. The largest absolute Gasteiger partial charge is 0.444 e. The second-order valence-corrected chi connectivity index (χ2v) is 9.02. The van der Waals surface area contributed by atoms with Gasteiger partial charge in [0.05, 0.1) is 17.3 Å². The molecule has 0 amide bonds. The van der Waals surface area contributed by atoms with E-state index in [9.17, 15) is 5.26 Å². The first-order chi connectivity index (χ1) is 16.2. The van der Waals surface area contributed by atoms with Crippen molar-refractivity contribution in [2.24, 2.45) is 0 Å². The lowest BCUT2D eigenvalue weighted by atomic mass is 9.95. The summed E-state index contributed by atoms with van der Waals surface area (Å²) in [5.41, 5.74) is 5.21. The summed E-state index contributed by atoms with van der Waals surface area (Å²) >= 11 is 0. The number of aryl methyl sites for hydroxylation is 1. The van der Waals surface area contributed by atoms with E-state index in [1.807, 2.05) is 43.3 Å². The highest BCUT2D eigenvalue weighted by molar-refractivity contribution is 5.52. The Balaban J connectivity index is 1.38. The molecule has 172 valence electrons. The second kappa shape index (κ2) is 11.3. The molecule has 1 saturated heterocycles. The van der Waals surface area contributed by atoms with Crippen LogP contribution in [-0.2, 0) is 6.54 Å². The first kappa shape index (κ1) is 23.2. The first-order valence-electron chi connectivity index (χ1n) is 12.1. The number of benzene rings is 2.